The lowest BCUT2D eigenvalue weighted by Crippen LogP contribution is -2.13. The number of methoxy groups -OCH3 is 1. The molecule has 0 saturated carbocycles. The fourth-order valence-electron chi connectivity index (χ4n) is 2.56. The highest BCUT2D eigenvalue weighted by Crippen LogP contribution is 2.35. The Morgan fingerprint density at radius 2 is 1.96 bits per heavy atom. The van der Waals surface area contributed by atoms with Crippen LogP contribution in [0.25, 0.3) is 0 Å². The van der Waals surface area contributed by atoms with Crippen molar-refractivity contribution in [2.45, 2.75) is 6.92 Å². The van der Waals surface area contributed by atoms with Gasteiger partial charge in [-0.1, -0.05) is 30.3 Å². The fourth-order valence-corrected chi connectivity index (χ4v) is 2.56. The first kappa shape index (κ1) is 15.1. The number of benzodiazepines with no additional fused rings is 1. The molecule has 118 valence electrons. The second-order valence-electron chi connectivity index (χ2n) is 5.06. The van der Waals surface area contributed by atoms with Crippen molar-refractivity contribution in [1.29, 1.82) is 0 Å². The summed E-state index contributed by atoms with van der Waals surface area (Å²) in [6.07, 6.45) is 0. The van der Waals surface area contributed by atoms with Crippen LogP contribution in [0.15, 0.2) is 47.5 Å². The van der Waals surface area contributed by atoms with Gasteiger partial charge in [0.05, 0.1) is 25.1 Å². The third kappa shape index (κ3) is 3.04. The van der Waals surface area contributed by atoms with Crippen LogP contribution in [0.5, 0.6) is 11.5 Å². The van der Waals surface area contributed by atoms with E-state index in [4.69, 9.17) is 9.47 Å². The quantitative estimate of drug-likeness (QED) is 0.944. The molecule has 1 N–H and O–H groups in total. The molecule has 0 atom stereocenters. The Morgan fingerprint density at radius 3 is 2.65 bits per heavy atom. The lowest BCUT2D eigenvalue weighted by molar-refractivity contribution is -0.114. The van der Waals surface area contributed by atoms with Crippen molar-refractivity contribution in [3.05, 3.63) is 53.6 Å². The third-order valence-corrected chi connectivity index (χ3v) is 3.56. The van der Waals surface area contributed by atoms with E-state index in [2.05, 4.69) is 10.3 Å². The molecule has 0 aliphatic carbocycles. The number of fused-ring (bicyclic) bond motifs is 1. The van der Waals surface area contributed by atoms with Gasteiger partial charge >= 0.3 is 0 Å². The maximum atomic E-state index is 11.9. The Bertz CT molecular complexity index is 754. The minimum Gasteiger partial charge on any atom is -0.493 e. The standard InChI is InChI=1S/C18H18N2O3/c1-3-23-16-9-13-14(10-15(16)22-2)20-17(21)11-19-18(13)12-7-5-4-6-8-12/h4-10H,3,11H2,1-2H3,(H,20,21). The zero-order chi connectivity index (χ0) is 16.2. The number of hydrogen-bond acceptors (Lipinski definition) is 4. The van der Waals surface area contributed by atoms with Crippen LogP contribution < -0.4 is 14.8 Å². The van der Waals surface area contributed by atoms with Crippen molar-refractivity contribution in [3.8, 4) is 11.5 Å². The zero-order valence-electron chi connectivity index (χ0n) is 13.1. The molecule has 5 heteroatoms. The van der Waals surface area contributed by atoms with Crippen LogP contribution >= 0.6 is 0 Å². The summed E-state index contributed by atoms with van der Waals surface area (Å²) in [6.45, 7) is 2.53. The molecule has 2 aromatic rings. The van der Waals surface area contributed by atoms with Gasteiger partial charge in [-0.25, -0.2) is 0 Å². The van der Waals surface area contributed by atoms with Gasteiger partial charge in [0.25, 0.3) is 0 Å². The van der Waals surface area contributed by atoms with Gasteiger partial charge in [0.15, 0.2) is 11.5 Å². The van der Waals surface area contributed by atoms with E-state index in [1.54, 1.807) is 13.2 Å². The molecule has 1 aliphatic heterocycles. The minimum absolute atomic E-state index is 0.0885. The summed E-state index contributed by atoms with van der Waals surface area (Å²) < 4.78 is 11.0. The van der Waals surface area contributed by atoms with Crippen LogP contribution in [0.1, 0.15) is 18.1 Å². The van der Waals surface area contributed by atoms with Gasteiger partial charge in [-0.2, -0.15) is 0 Å². The summed E-state index contributed by atoms with van der Waals surface area (Å²) in [5.41, 5.74) is 3.22. The molecule has 1 heterocycles. The summed E-state index contributed by atoms with van der Waals surface area (Å²) in [5, 5.41) is 2.88. The van der Waals surface area contributed by atoms with Crippen LogP contribution in [0.3, 0.4) is 0 Å². The van der Waals surface area contributed by atoms with E-state index in [1.807, 2.05) is 43.3 Å². The number of ether oxygens (including phenoxy) is 2. The van der Waals surface area contributed by atoms with E-state index < -0.39 is 0 Å². The number of benzene rings is 2. The fraction of sp³-hybridized carbons (Fsp3) is 0.222. The highest BCUT2D eigenvalue weighted by atomic mass is 16.5. The maximum absolute atomic E-state index is 11.9. The van der Waals surface area contributed by atoms with Crippen molar-refractivity contribution in [3.63, 3.8) is 0 Å². The molecule has 0 bridgehead atoms. The van der Waals surface area contributed by atoms with Gasteiger partial charge in [-0.3, -0.25) is 9.79 Å². The van der Waals surface area contributed by atoms with Crippen LogP contribution in [-0.4, -0.2) is 31.9 Å². The van der Waals surface area contributed by atoms with E-state index in [1.165, 1.54) is 0 Å². The molecule has 1 amide bonds. The molecule has 0 spiro atoms. The molecular formula is C18H18N2O3. The molecule has 0 aromatic heterocycles. The summed E-state index contributed by atoms with van der Waals surface area (Å²) in [5.74, 6) is 1.07. The Labute approximate surface area is 135 Å². The number of hydrogen-bond donors (Lipinski definition) is 1. The van der Waals surface area contributed by atoms with Crippen molar-refractivity contribution in [2.75, 3.05) is 25.6 Å². The predicted octanol–water partition coefficient (Wildman–Crippen LogP) is 2.88. The lowest BCUT2D eigenvalue weighted by Gasteiger charge is -2.15. The first-order valence-corrected chi connectivity index (χ1v) is 7.48. The topological polar surface area (TPSA) is 59.9 Å². The van der Waals surface area contributed by atoms with Gasteiger partial charge in [-0.05, 0) is 13.0 Å². The number of nitrogens with one attached hydrogen (secondary N) is 1. The molecule has 2 aromatic carbocycles. The molecule has 3 rings (SSSR count). The Morgan fingerprint density at radius 1 is 1.17 bits per heavy atom. The Hall–Kier alpha value is -2.82. The number of carbonyl (C=O) groups is 1. The average molecular weight is 310 g/mol. The normalized spacial score (nSPS) is 13.5. The highest BCUT2D eigenvalue weighted by molar-refractivity contribution is 6.19. The average Bonchev–Trinajstić information content (AvgIpc) is 2.73. The second kappa shape index (κ2) is 6.52. The SMILES string of the molecule is CCOc1cc2c(cc1OC)NC(=O)CN=C2c1ccccc1. The first-order valence-electron chi connectivity index (χ1n) is 7.48. The number of anilines is 1. The highest BCUT2D eigenvalue weighted by Gasteiger charge is 2.21. The summed E-state index contributed by atoms with van der Waals surface area (Å²) in [4.78, 5) is 16.4. The number of amides is 1. The predicted molar refractivity (Wildman–Crippen MR) is 89.7 cm³/mol. The van der Waals surface area contributed by atoms with Gasteiger partial charge in [0, 0.05) is 17.2 Å². The van der Waals surface area contributed by atoms with E-state index in [-0.39, 0.29) is 12.5 Å². The van der Waals surface area contributed by atoms with Crippen molar-refractivity contribution in [2.24, 2.45) is 4.99 Å². The zero-order valence-corrected chi connectivity index (χ0v) is 13.1. The van der Waals surface area contributed by atoms with Gasteiger partial charge in [-0.15, -0.1) is 0 Å². The molecule has 1 aliphatic rings. The number of carbonyl (C=O) groups excluding carboxylic acids is 1. The van der Waals surface area contributed by atoms with Crippen molar-refractivity contribution >= 4 is 17.3 Å². The molecule has 0 fully saturated rings. The monoisotopic (exact) mass is 310 g/mol. The number of nitrogens with zero attached hydrogens (tertiary/aromatic N) is 1. The largest absolute Gasteiger partial charge is 0.493 e. The number of rotatable bonds is 4. The van der Waals surface area contributed by atoms with Crippen molar-refractivity contribution in [1.82, 2.24) is 0 Å². The summed E-state index contributed by atoms with van der Waals surface area (Å²) >= 11 is 0. The molecular weight excluding hydrogens is 292 g/mol. The minimum atomic E-state index is -0.150. The van der Waals surface area contributed by atoms with E-state index in [9.17, 15) is 4.79 Å². The summed E-state index contributed by atoms with van der Waals surface area (Å²) in [6, 6.07) is 13.4. The van der Waals surface area contributed by atoms with Gasteiger partial charge < -0.3 is 14.8 Å². The van der Waals surface area contributed by atoms with E-state index >= 15 is 0 Å². The lowest BCUT2D eigenvalue weighted by atomic mass is 10.00. The molecule has 5 nitrogen and oxygen atoms in total. The van der Waals surface area contributed by atoms with E-state index in [0.29, 0.717) is 23.8 Å². The first-order chi connectivity index (χ1) is 11.2. The van der Waals surface area contributed by atoms with Crippen LogP contribution in [0.2, 0.25) is 0 Å². The van der Waals surface area contributed by atoms with Gasteiger partial charge in [0.1, 0.15) is 6.54 Å². The Kier molecular flexibility index (Phi) is 4.28. The van der Waals surface area contributed by atoms with Crippen LogP contribution in [-0.2, 0) is 4.79 Å². The Balaban J connectivity index is 2.18. The molecule has 0 saturated heterocycles. The maximum Gasteiger partial charge on any atom is 0.246 e. The number of aliphatic imine (C=N–C) groups is 1. The summed E-state index contributed by atoms with van der Waals surface area (Å²) in [7, 11) is 1.58. The van der Waals surface area contributed by atoms with Crippen LogP contribution in [0, 0.1) is 0 Å². The van der Waals surface area contributed by atoms with E-state index in [0.717, 1.165) is 16.8 Å². The van der Waals surface area contributed by atoms with Gasteiger partial charge in [0.2, 0.25) is 5.91 Å². The van der Waals surface area contributed by atoms with Crippen LogP contribution in [0.4, 0.5) is 5.69 Å². The second-order valence-corrected chi connectivity index (χ2v) is 5.06. The van der Waals surface area contributed by atoms with Crippen molar-refractivity contribution < 1.29 is 14.3 Å². The third-order valence-electron chi connectivity index (χ3n) is 3.56. The molecule has 23 heavy (non-hydrogen) atoms. The smallest absolute Gasteiger partial charge is 0.246 e. The molecule has 0 unspecified atom stereocenters. The molecule has 0 radical (unpaired) electrons.